The number of piperazine rings is 1. The lowest BCUT2D eigenvalue weighted by Crippen LogP contribution is -2.57. The van der Waals surface area contributed by atoms with Crippen molar-refractivity contribution >= 4 is 35.8 Å². The quantitative estimate of drug-likeness (QED) is 0.325. The third-order valence-electron chi connectivity index (χ3n) is 6.99. The molecule has 4 rings (SSSR count). The third-order valence-corrected chi connectivity index (χ3v) is 7.32. The first kappa shape index (κ1) is 29.9. The molecule has 8 heteroatoms. The number of hydrogen-bond donors (Lipinski definition) is 1. The summed E-state index contributed by atoms with van der Waals surface area (Å²) in [5.74, 6) is -0.993. The van der Waals surface area contributed by atoms with Gasteiger partial charge in [0.1, 0.15) is 17.7 Å². The van der Waals surface area contributed by atoms with Crippen molar-refractivity contribution in [1.82, 2.24) is 9.80 Å². The van der Waals surface area contributed by atoms with E-state index in [-0.39, 0.29) is 6.54 Å². The molecule has 1 heterocycles. The number of rotatable bonds is 6. The number of amides is 1. The van der Waals surface area contributed by atoms with Crippen molar-refractivity contribution in [3.8, 4) is 17.2 Å². The second kappa shape index (κ2) is 12.6. The Morgan fingerprint density at radius 2 is 1.78 bits per heavy atom. The van der Waals surface area contributed by atoms with Crippen LogP contribution in [0.2, 0.25) is 5.02 Å². The van der Waals surface area contributed by atoms with Crippen molar-refractivity contribution in [2.45, 2.75) is 45.9 Å². The minimum atomic E-state index is -0.993. The predicted molar refractivity (Wildman–Crippen MR) is 161 cm³/mol. The van der Waals surface area contributed by atoms with Crippen molar-refractivity contribution in [1.29, 1.82) is 5.26 Å². The third kappa shape index (κ3) is 7.35. The lowest BCUT2D eigenvalue weighted by molar-refractivity contribution is -0.145. The molecule has 1 N–H and O–H groups in total. The van der Waals surface area contributed by atoms with Crippen LogP contribution in [0.4, 0.5) is 4.79 Å². The number of carboxylic acids is 1. The van der Waals surface area contributed by atoms with Gasteiger partial charge in [-0.25, -0.2) is 4.79 Å². The molecule has 1 aliphatic heterocycles. The van der Waals surface area contributed by atoms with Gasteiger partial charge in [-0.1, -0.05) is 78.4 Å². The van der Waals surface area contributed by atoms with Gasteiger partial charge in [0.15, 0.2) is 0 Å². The summed E-state index contributed by atoms with van der Waals surface area (Å²) in [6.07, 6.45) is 3.28. The lowest BCUT2D eigenvalue weighted by atomic mass is 9.95. The first-order chi connectivity index (χ1) is 19.5. The topological polar surface area (TPSA) is 93.9 Å². The Morgan fingerprint density at radius 3 is 2.44 bits per heavy atom. The lowest BCUT2D eigenvalue weighted by Gasteiger charge is -2.39. The van der Waals surface area contributed by atoms with Gasteiger partial charge >= 0.3 is 12.1 Å². The van der Waals surface area contributed by atoms with Crippen molar-refractivity contribution in [3.63, 3.8) is 0 Å². The number of aryl methyl sites for hydroxylation is 1. The highest BCUT2D eigenvalue weighted by Gasteiger charge is 2.36. The SMILES string of the molecule is Cc1cc(/C=C/c2cccc(-c3ccccc3)c2C#N)c(Cl)cc1CN1CCN(C(=O)OC(C)(C)C)C[C@H]1C(=O)O. The number of carbonyl (C=O) groups is 2. The first-order valence-electron chi connectivity index (χ1n) is 13.5. The van der Waals surface area contributed by atoms with Crippen LogP contribution in [0.25, 0.3) is 23.3 Å². The Morgan fingerprint density at radius 1 is 1.07 bits per heavy atom. The molecule has 0 aromatic heterocycles. The molecule has 3 aromatic rings. The second-order valence-electron chi connectivity index (χ2n) is 11.1. The molecule has 1 atom stereocenters. The summed E-state index contributed by atoms with van der Waals surface area (Å²) in [7, 11) is 0. The van der Waals surface area contributed by atoms with Gasteiger partial charge in [-0.3, -0.25) is 9.69 Å². The summed E-state index contributed by atoms with van der Waals surface area (Å²) in [6, 6.07) is 20.9. The van der Waals surface area contributed by atoms with E-state index in [1.54, 1.807) is 20.8 Å². The number of hydrogen-bond acceptors (Lipinski definition) is 5. The molecule has 0 saturated carbocycles. The molecule has 0 spiro atoms. The number of nitrogens with zero attached hydrogens (tertiary/aromatic N) is 3. The van der Waals surface area contributed by atoms with E-state index >= 15 is 0 Å². The van der Waals surface area contributed by atoms with Crippen molar-refractivity contribution in [3.05, 3.63) is 93.5 Å². The van der Waals surface area contributed by atoms with E-state index in [0.29, 0.717) is 30.2 Å². The number of aliphatic carboxylic acids is 1. The van der Waals surface area contributed by atoms with Crippen LogP contribution in [0.5, 0.6) is 0 Å². The Hall–Kier alpha value is -4.12. The van der Waals surface area contributed by atoms with Gasteiger partial charge < -0.3 is 14.7 Å². The van der Waals surface area contributed by atoms with E-state index in [1.165, 1.54) is 4.90 Å². The highest BCUT2D eigenvalue weighted by Crippen LogP contribution is 2.29. The summed E-state index contributed by atoms with van der Waals surface area (Å²) in [6.45, 7) is 8.50. The molecule has 0 bridgehead atoms. The van der Waals surface area contributed by atoms with E-state index in [0.717, 1.165) is 33.4 Å². The maximum atomic E-state index is 12.5. The van der Waals surface area contributed by atoms with E-state index in [9.17, 15) is 20.0 Å². The van der Waals surface area contributed by atoms with Gasteiger partial charge in [0, 0.05) is 30.2 Å². The summed E-state index contributed by atoms with van der Waals surface area (Å²) in [5.41, 5.74) is 5.24. The number of nitriles is 1. The fourth-order valence-electron chi connectivity index (χ4n) is 4.87. The molecule has 3 aromatic carbocycles. The van der Waals surface area contributed by atoms with E-state index in [4.69, 9.17) is 16.3 Å². The van der Waals surface area contributed by atoms with Gasteiger partial charge in [-0.2, -0.15) is 5.26 Å². The fourth-order valence-corrected chi connectivity index (χ4v) is 5.12. The molecule has 41 heavy (non-hydrogen) atoms. The van der Waals surface area contributed by atoms with Crippen LogP contribution < -0.4 is 0 Å². The van der Waals surface area contributed by atoms with E-state index in [2.05, 4.69) is 6.07 Å². The van der Waals surface area contributed by atoms with Gasteiger partial charge in [-0.15, -0.1) is 0 Å². The van der Waals surface area contributed by atoms with E-state index < -0.39 is 23.7 Å². The number of carboxylic acid groups (broad SMARTS) is 1. The normalized spacial score (nSPS) is 16.0. The van der Waals surface area contributed by atoms with Crippen molar-refractivity contribution in [2.75, 3.05) is 19.6 Å². The van der Waals surface area contributed by atoms with Crippen LogP contribution in [0.3, 0.4) is 0 Å². The van der Waals surface area contributed by atoms with Crippen LogP contribution in [-0.2, 0) is 16.1 Å². The first-order valence-corrected chi connectivity index (χ1v) is 13.8. The second-order valence-corrected chi connectivity index (χ2v) is 11.5. The largest absolute Gasteiger partial charge is 0.480 e. The van der Waals surface area contributed by atoms with Crippen LogP contribution >= 0.6 is 11.6 Å². The Kier molecular flexibility index (Phi) is 9.17. The minimum Gasteiger partial charge on any atom is -0.480 e. The average Bonchev–Trinajstić information content (AvgIpc) is 2.93. The van der Waals surface area contributed by atoms with Crippen LogP contribution in [-0.4, -0.2) is 58.2 Å². The van der Waals surface area contributed by atoms with Gasteiger partial charge in [-0.05, 0) is 61.6 Å². The molecule has 0 radical (unpaired) electrons. The molecule has 7 nitrogen and oxygen atoms in total. The monoisotopic (exact) mass is 571 g/mol. The molecule has 0 unspecified atom stereocenters. The molecule has 1 aliphatic rings. The number of halogens is 1. The van der Waals surface area contributed by atoms with Gasteiger partial charge in [0.05, 0.1) is 12.1 Å². The summed E-state index contributed by atoms with van der Waals surface area (Å²) in [4.78, 5) is 28.0. The average molecular weight is 572 g/mol. The molecule has 212 valence electrons. The predicted octanol–water partition coefficient (Wildman–Crippen LogP) is 6.86. The number of ether oxygens (including phenoxy) is 1. The minimum absolute atomic E-state index is 0.0428. The van der Waals surface area contributed by atoms with Crippen LogP contribution in [0, 0.1) is 18.3 Å². The van der Waals surface area contributed by atoms with Crippen LogP contribution in [0.1, 0.15) is 48.6 Å². The highest BCUT2D eigenvalue weighted by molar-refractivity contribution is 6.32. The van der Waals surface area contributed by atoms with Crippen molar-refractivity contribution in [2.24, 2.45) is 0 Å². The van der Waals surface area contributed by atoms with Crippen molar-refractivity contribution < 1.29 is 19.4 Å². The standard InChI is InChI=1S/C33H34ClN3O4/c1-22-17-25(14-13-24-11-8-12-27(28(24)19-35)23-9-6-5-7-10-23)29(34)18-26(22)20-36-15-16-37(21-30(36)31(38)39)32(40)41-33(2,3)4/h5-14,17-18,30H,15-16,20-21H2,1-4H3,(H,38,39)/b14-13+/t30-/m0/s1. The zero-order valence-corrected chi connectivity index (χ0v) is 24.5. The number of benzene rings is 3. The Bertz CT molecular complexity index is 1510. The van der Waals surface area contributed by atoms with E-state index in [1.807, 2.05) is 84.6 Å². The Labute approximate surface area is 246 Å². The molecule has 1 amide bonds. The smallest absolute Gasteiger partial charge is 0.410 e. The number of carbonyl (C=O) groups excluding carboxylic acids is 1. The van der Waals surface area contributed by atoms with Gasteiger partial charge in [0.25, 0.3) is 0 Å². The molecule has 1 saturated heterocycles. The fraction of sp³-hybridized carbons (Fsp3) is 0.303. The van der Waals surface area contributed by atoms with Gasteiger partial charge in [0.2, 0.25) is 0 Å². The summed E-state index contributed by atoms with van der Waals surface area (Å²) in [5, 5.41) is 20.4. The maximum Gasteiger partial charge on any atom is 0.410 e. The highest BCUT2D eigenvalue weighted by atomic mass is 35.5. The zero-order chi connectivity index (χ0) is 29.7. The summed E-state index contributed by atoms with van der Waals surface area (Å²) < 4.78 is 5.44. The zero-order valence-electron chi connectivity index (χ0n) is 23.7. The Balaban J connectivity index is 1.52. The molecular weight excluding hydrogens is 538 g/mol. The summed E-state index contributed by atoms with van der Waals surface area (Å²) >= 11 is 6.69. The molecular formula is C33H34ClN3O4. The van der Waals surface area contributed by atoms with Crippen LogP contribution in [0.15, 0.2) is 60.7 Å². The molecule has 1 fully saturated rings. The maximum absolute atomic E-state index is 12.5. The molecule has 0 aliphatic carbocycles.